The van der Waals surface area contributed by atoms with Crippen molar-refractivity contribution in [3.63, 3.8) is 0 Å². The van der Waals surface area contributed by atoms with E-state index < -0.39 is 0 Å². The lowest BCUT2D eigenvalue weighted by atomic mass is 10.0. The molecule has 32 heavy (non-hydrogen) atoms. The monoisotopic (exact) mass is 447 g/mol. The number of benzene rings is 1. The minimum absolute atomic E-state index is 0.0105. The van der Waals surface area contributed by atoms with E-state index in [1.54, 1.807) is 10.4 Å². The third-order valence-electron chi connectivity index (χ3n) is 6.29. The molecule has 0 unspecified atom stereocenters. The molecule has 2 amide bonds. The van der Waals surface area contributed by atoms with Crippen molar-refractivity contribution in [2.75, 3.05) is 11.4 Å². The zero-order valence-electron chi connectivity index (χ0n) is 18.2. The fraction of sp³-hybridized carbons (Fsp3) is 0.375. The van der Waals surface area contributed by atoms with Gasteiger partial charge in [0.05, 0.1) is 23.8 Å². The Labute approximate surface area is 191 Å². The van der Waals surface area contributed by atoms with Crippen LogP contribution in [0.2, 0.25) is 0 Å². The minimum atomic E-state index is -0.191. The number of rotatable bonds is 4. The molecule has 0 spiro atoms. The van der Waals surface area contributed by atoms with Crippen molar-refractivity contribution in [1.29, 1.82) is 0 Å². The fourth-order valence-corrected chi connectivity index (χ4v) is 5.35. The van der Waals surface area contributed by atoms with Gasteiger partial charge in [-0.1, -0.05) is 30.3 Å². The summed E-state index contributed by atoms with van der Waals surface area (Å²) in [5, 5.41) is 0. The van der Waals surface area contributed by atoms with Gasteiger partial charge in [0.25, 0.3) is 5.91 Å². The zero-order valence-corrected chi connectivity index (χ0v) is 19.1. The number of thiazole rings is 1. The zero-order chi connectivity index (χ0) is 22.2. The summed E-state index contributed by atoms with van der Waals surface area (Å²) >= 11 is 1.37. The van der Waals surface area contributed by atoms with Gasteiger partial charge >= 0.3 is 0 Å². The fourth-order valence-electron chi connectivity index (χ4n) is 4.60. The average Bonchev–Trinajstić information content (AvgIpc) is 3.45. The molecule has 2 aromatic heterocycles. The Morgan fingerprint density at radius 2 is 1.94 bits per heavy atom. The van der Waals surface area contributed by atoms with Gasteiger partial charge in [0, 0.05) is 24.2 Å². The van der Waals surface area contributed by atoms with Crippen LogP contribution < -0.4 is 4.90 Å². The molecular weight excluding hydrogens is 422 g/mol. The van der Waals surface area contributed by atoms with E-state index in [1.165, 1.54) is 11.3 Å². The molecule has 1 fully saturated rings. The Kier molecular flexibility index (Phi) is 5.46. The Balaban J connectivity index is 1.51. The van der Waals surface area contributed by atoms with Crippen LogP contribution in [0.5, 0.6) is 0 Å². The highest BCUT2D eigenvalue weighted by molar-refractivity contribution is 7.11. The Morgan fingerprint density at radius 3 is 2.69 bits per heavy atom. The van der Waals surface area contributed by atoms with E-state index in [1.807, 2.05) is 49.1 Å². The summed E-state index contributed by atoms with van der Waals surface area (Å²) in [7, 11) is 0. The lowest BCUT2D eigenvalue weighted by Crippen LogP contribution is -2.37. The third-order valence-corrected chi connectivity index (χ3v) is 7.21. The van der Waals surface area contributed by atoms with E-state index in [-0.39, 0.29) is 17.9 Å². The first-order chi connectivity index (χ1) is 15.5. The van der Waals surface area contributed by atoms with Crippen LogP contribution in [0.4, 0.5) is 5.82 Å². The number of amides is 2. The van der Waals surface area contributed by atoms with Gasteiger partial charge in [-0.3, -0.25) is 14.5 Å². The van der Waals surface area contributed by atoms with Gasteiger partial charge in [0.15, 0.2) is 5.82 Å². The molecule has 0 bridgehead atoms. The van der Waals surface area contributed by atoms with E-state index in [4.69, 9.17) is 9.97 Å². The highest BCUT2D eigenvalue weighted by atomic mass is 32.1. The van der Waals surface area contributed by atoms with Crippen LogP contribution in [-0.4, -0.2) is 38.2 Å². The van der Waals surface area contributed by atoms with Crippen LogP contribution in [0.1, 0.15) is 63.3 Å². The molecule has 164 valence electrons. The minimum Gasteiger partial charge on any atom is -0.328 e. The molecule has 2 aliphatic heterocycles. The van der Waals surface area contributed by atoms with E-state index in [0.29, 0.717) is 42.5 Å². The molecule has 1 atom stereocenters. The van der Waals surface area contributed by atoms with Gasteiger partial charge in [-0.05, 0) is 38.7 Å². The topological polar surface area (TPSA) is 79.3 Å². The normalized spacial score (nSPS) is 18.2. The summed E-state index contributed by atoms with van der Waals surface area (Å²) in [5.41, 5.74) is 5.44. The van der Waals surface area contributed by atoms with Crippen molar-refractivity contribution in [1.82, 2.24) is 19.9 Å². The lowest BCUT2D eigenvalue weighted by molar-refractivity contribution is -0.119. The number of fused-ring (bicyclic) bond motifs is 1. The van der Waals surface area contributed by atoms with Crippen LogP contribution in [-0.2, 0) is 17.8 Å². The van der Waals surface area contributed by atoms with Crippen molar-refractivity contribution < 1.29 is 9.59 Å². The van der Waals surface area contributed by atoms with E-state index >= 15 is 0 Å². The van der Waals surface area contributed by atoms with Gasteiger partial charge in [-0.15, -0.1) is 11.3 Å². The van der Waals surface area contributed by atoms with E-state index in [9.17, 15) is 9.59 Å². The maximum absolute atomic E-state index is 13.2. The van der Waals surface area contributed by atoms with Crippen LogP contribution in [0.15, 0.2) is 35.8 Å². The molecule has 1 saturated heterocycles. The first-order valence-corrected chi connectivity index (χ1v) is 11.8. The van der Waals surface area contributed by atoms with Gasteiger partial charge in [0.1, 0.15) is 10.7 Å². The van der Waals surface area contributed by atoms with Crippen LogP contribution in [0.3, 0.4) is 0 Å². The van der Waals surface area contributed by atoms with Crippen molar-refractivity contribution in [2.24, 2.45) is 0 Å². The number of carbonyl (C=O) groups excluding carboxylic acids is 2. The van der Waals surface area contributed by atoms with Crippen molar-refractivity contribution in [2.45, 2.75) is 52.1 Å². The first-order valence-electron chi connectivity index (χ1n) is 11.0. The number of hydrogen-bond donors (Lipinski definition) is 0. The second kappa shape index (κ2) is 8.43. The summed E-state index contributed by atoms with van der Waals surface area (Å²) in [6.07, 6.45) is 2.83. The summed E-state index contributed by atoms with van der Waals surface area (Å²) < 4.78 is 0. The summed E-state index contributed by atoms with van der Waals surface area (Å²) in [6, 6.07) is 9.77. The smallest absolute Gasteiger partial charge is 0.266 e. The van der Waals surface area contributed by atoms with E-state index in [0.717, 1.165) is 35.4 Å². The van der Waals surface area contributed by atoms with Crippen LogP contribution in [0.25, 0.3) is 0 Å². The molecule has 0 N–H and O–H groups in total. The number of nitrogens with zero attached hydrogens (tertiary/aromatic N) is 5. The Hall–Kier alpha value is -3.13. The molecule has 0 aliphatic carbocycles. The number of aromatic nitrogens is 3. The SMILES string of the molecule is Cc1ncsc1C(=O)N1CCC[C@@H]1c1nc(C)c2c(n1)N(Cc1ccccc1)C(=O)CC2. The summed E-state index contributed by atoms with van der Waals surface area (Å²) in [6.45, 7) is 5.00. The lowest BCUT2D eigenvalue weighted by Gasteiger charge is -2.31. The molecule has 0 radical (unpaired) electrons. The molecule has 2 aliphatic rings. The van der Waals surface area contributed by atoms with Crippen LogP contribution in [0, 0.1) is 13.8 Å². The maximum Gasteiger partial charge on any atom is 0.266 e. The molecule has 0 saturated carbocycles. The highest BCUT2D eigenvalue weighted by Gasteiger charge is 2.36. The first kappa shape index (κ1) is 20.8. The van der Waals surface area contributed by atoms with Gasteiger partial charge < -0.3 is 4.90 Å². The summed E-state index contributed by atoms with van der Waals surface area (Å²) in [4.78, 5) is 44.4. The predicted molar refractivity (Wildman–Crippen MR) is 123 cm³/mol. The Morgan fingerprint density at radius 1 is 1.12 bits per heavy atom. The molecule has 3 aromatic rings. The standard InChI is InChI=1S/C24H25N5O2S/c1-15-18-10-11-20(30)29(13-17-7-4-3-5-8-17)23(18)27-22(26-15)19-9-6-12-28(19)24(31)21-16(2)25-14-32-21/h3-5,7-8,14,19H,6,9-13H2,1-2H3/t19-/m1/s1. The van der Waals surface area contributed by atoms with E-state index in [2.05, 4.69) is 4.98 Å². The third kappa shape index (κ3) is 3.68. The van der Waals surface area contributed by atoms with Crippen LogP contribution >= 0.6 is 11.3 Å². The van der Waals surface area contributed by atoms with Gasteiger partial charge in [-0.25, -0.2) is 15.0 Å². The number of likely N-dealkylation sites (tertiary alicyclic amines) is 1. The second-order valence-corrected chi connectivity index (χ2v) is 9.21. The molecular formula is C24H25N5O2S. The Bertz CT molecular complexity index is 1180. The molecule has 4 heterocycles. The molecule has 1 aromatic carbocycles. The second-order valence-electron chi connectivity index (χ2n) is 8.36. The molecule has 7 nitrogen and oxygen atoms in total. The van der Waals surface area contributed by atoms with Gasteiger partial charge in [-0.2, -0.15) is 0 Å². The maximum atomic E-state index is 13.2. The average molecular weight is 448 g/mol. The van der Waals surface area contributed by atoms with Crippen molar-refractivity contribution >= 4 is 29.0 Å². The number of hydrogen-bond acceptors (Lipinski definition) is 6. The quantitative estimate of drug-likeness (QED) is 0.604. The largest absolute Gasteiger partial charge is 0.328 e. The number of anilines is 1. The van der Waals surface area contributed by atoms with Crippen molar-refractivity contribution in [3.8, 4) is 0 Å². The molecule has 8 heteroatoms. The predicted octanol–water partition coefficient (Wildman–Crippen LogP) is 4.01. The summed E-state index contributed by atoms with van der Waals surface area (Å²) in [5.74, 6) is 1.39. The molecule has 5 rings (SSSR count). The van der Waals surface area contributed by atoms with Crippen molar-refractivity contribution in [3.05, 3.63) is 69.1 Å². The number of aryl methyl sites for hydroxylation is 2. The van der Waals surface area contributed by atoms with Gasteiger partial charge in [0.2, 0.25) is 5.91 Å². The number of carbonyl (C=O) groups is 2. The highest BCUT2D eigenvalue weighted by Crippen LogP contribution is 2.36.